The van der Waals surface area contributed by atoms with Gasteiger partial charge in [-0.25, -0.2) is 0 Å². The summed E-state index contributed by atoms with van der Waals surface area (Å²) in [5.41, 5.74) is 7.67. The van der Waals surface area contributed by atoms with Crippen LogP contribution in [0.3, 0.4) is 0 Å². The highest BCUT2D eigenvalue weighted by Gasteiger charge is 2.21. The van der Waals surface area contributed by atoms with Crippen molar-refractivity contribution in [1.82, 2.24) is 10.2 Å². The van der Waals surface area contributed by atoms with Gasteiger partial charge < -0.3 is 15.8 Å². The monoisotopic (exact) mass is 284 g/mol. The van der Waals surface area contributed by atoms with Crippen molar-refractivity contribution in [2.45, 2.75) is 31.3 Å². The Labute approximate surface area is 124 Å². The summed E-state index contributed by atoms with van der Waals surface area (Å²) in [4.78, 5) is 0. The van der Waals surface area contributed by atoms with E-state index in [0.29, 0.717) is 12.1 Å². The van der Waals surface area contributed by atoms with Gasteiger partial charge in [0.2, 0.25) is 0 Å². The molecule has 3 N–H and O–H groups in total. The van der Waals surface area contributed by atoms with E-state index in [1.165, 1.54) is 0 Å². The van der Waals surface area contributed by atoms with Crippen LogP contribution in [0.4, 0.5) is 5.82 Å². The van der Waals surface area contributed by atoms with Gasteiger partial charge in [0.05, 0.1) is 12.8 Å². The molecule has 110 valence electrons. The molecule has 1 aromatic heterocycles. The fourth-order valence-electron chi connectivity index (χ4n) is 2.77. The predicted molar refractivity (Wildman–Crippen MR) is 83.3 cm³/mol. The van der Waals surface area contributed by atoms with Gasteiger partial charge in [-0.05, 0) is 43.5 Å². The SMILES string of the molecule is COc1ccccc1-c1ccc(N[C@@H]2CC[C@@H](N)C2)nn1. The zero-order valence-corrected chi connectivity index (χ0v) is 12.1. The first-order chi connectivity index (χ1) is 10.3. The number of aromatic nitrogens is 2. The minimum atomic E-state index is 0.309. The summed E-state index contributed by atoms with van der Waals surface area (Å²) < 4.78 is 5.35. The van der Waals surface area contributed by atoms with Crippen molar-refractivity contribution in [1.29, 1.82) is 0 Å². The number of anilines is 1. The van der Waals surface area contributed by atoms with Gasteiger partial charge in [-0.3, -0.25) is 0 Å². The normalized spacial score (nSPS) is 21.2. The van der Waals surface area contributed by atoms with Crippen LogP contribution >= 0.6 is 0 Å². The van der Waals surface area contributed by atoms with E-state index < -0.39 is 0 Å². The second-order valence-electron chi connectivity index (χ2n) is 5.42. The summed E-state index contributed by atoms with van der Waals surface area (Å²) in [5, 5.41) is 12.0. The molecule has 3 rings (SSSR count). The second-order valence-corrected chi connectivity index (χ2v) is 5.42. The van der Waals surface area contributed by atoms with E-state index >= 15 is 0 Å². The van der Waals surface area contributed by atoms with Gasteiger partial charge >= 0.3 is 0 Å². The standard InChI is InChI=1S/C16H20N4O/c1-21-15-5-3-2-4-13(15)14-8-9-16(20-19-14)18-12-7-6-11(17)10-12/h2-5,8-9,11-12H,6-7,10,17H2,1H3,(H,18,20)/t11-,12-/m1/s1. The number of benzene rings is 1. The molecule has 0 amide bonds. The van der Waals surface area contributed by atoms with Crippen LogP contribution in [0.2, 0.25) is 0 Å². The molecule has 1 aromatic carbocycles. The Morgan fingerprint density at radius 2 is 2.00 bits per heavy atom. The topological polar surface area (TPSA) is 73.1 Å². The first-order valence-electron chi connectivity index (χ1n) is 7.25. The van der Waals surface area contributed by atoms with E-state index in [9.17, 15) is 0 Å². The van der Waals surface area contributed by atoms with Crippen molar-refractivity contribution in [2.75, 3.05) is 12.4 Å². The number of methoxy groups -OCH3 is 1. The summed E-state index contributed by atoms with van der Waals surface area (Å²) >= 11 is 0. The minimum Gasteiger partial charge on any atom is -0.496 e. The van der Waals surface area contributed by atoms with Gasteiger partial charge in [-0.1, -0.05) is 12.1 Å². The third kappa shape index (κ3) is 3.13. The highest BCUT2D eigenvalue weighted by molar-refractivity contribution is 5.67. The largest absolute Gasteiger partial charge is 0.496 e. The third-order valence-corrected chi connectivity index (χ3v) is 3.87. The zero-order valence-electron chi connectivity index (χ0n) is 12.1. The van der Waals surface area contributed by atoms with Gasteiger partial charge in [0.15, 0.2) is 0 Å². The van der Waals surface area contributed by atoms with Crippen molar-refractivity contribution in [2.24, 2.45) is 5.73 Å². The van der Waals surface area contributed by atoms with Crippen molar-refractivity contribution in [3.8, 4) is 17.0 Å². The van der Waals surface area contributed by atoms with Crippen molar-refractivity contribution in [3.63, 3.8) is 0 Å². The number of hydrogen-bond acceptors (Lipinski definition) is 5. The zero-order chi connectivity index (χ0) is 14.7. The summed E-state index contributed by atoms with van der Waals surface area (Å²) in [6.45, 7) is 0. The van der Waals surface area contributed by atoms with E-state index in [1.807, 2.05) is 36.4 Å². The summed E-state index contributed by atoms with van der Waals surface area (Å²) in [6.07, 6.45) is 3.16. The summed E-state index contributed by atoms with van der Waals surface area (Å²) in [6, 6.07) is 12.4. The number of hydrogen-bond donors (Lipinski definition) is 2. The fourth-order valence-corrected chi connectivity index (χ4v) is 2.77. The van der Waals surface area contributed by atoms with Crippen LogP contribution in [0.25, 0.3) is 11.3 Å². The van der Waals surface area contributed by atoms with E-state index in [1.54, 1.807) is 7.11 Å². The number of para-hydroxylation sites is 1. The maximum absolute atomic E-state index is 5.92. The molecule has 1 aliphatic rings. The lowest BCUT2D eigenvalue weighted by molar-refractivity contribution is 0.416. The molecule has 5 heteroatoms. The lowest BCUT2D eigenvalue weighted by Gasteiger charge is -2.13. The van der Waals surface area contributed by atoms with Gasteiger partial charge in [0, 0.05) is 17.6 Å². The van der Waals surface area contributed by atoms with E-state index in [2.05, 4.69) is 15.5 Å². The van der Waals surface area contributed by atoms with Crippen LogP contribution in [0.5, 0.6) is 5.75 Å². The molecular weight excluding hydrogens is 264 g/mol. The average Bonchev–Trinajstić information content (AvgIpc) is 2.93. The van der Waals surface area contributed by atoms with E-state index in [-0.39, 0.29) is 0 Å². The number of rotatable bonds is 4. The highest BCUT2D eigenvalue weighted by Crippen LogP contribution is 2.28. The Kier molecular flexibility index (Phi) is 4.01. The third-order valence-electron chi connectivity index (χ3n) is 3.87. The van der Waals surface area contributed by atoms with Crippen LogP contribution < -0.4 is 15.8 Å². The molecule has 0 saturated heterocycles. The van der Waals surface area contributed by atoms with Crippen LogP contribution in [-0.4, -0.2) is 29.4 Å². The molecule has 1 aliphatic carbocycles. The fraction of sp³-hybridized carbons (Fsp3) is 0.375. The van der Waals surface area contributed by atoms with Gasteiger partial charge in [-0.2, -0.15) is 0 Å². The van der Waals surface area contributed by atoms with Crippen LogP contribution in [-0.2, 0) is 0 Å². The van der Waals surface area contributed by atoms with Gasteiger partial charge in [0.25, 0.3) is 0 Å². The van der Waals surface area contributed by atoms with Crippen LogP contribution in [0.1, 0.15) is 19.3 Å². The van der Waals surface area contributed by atoms with Crippen LogP contribution in [0, 0.1) is 0 Å². The molecule has 1 saturated carbocycles. The Bertz CT molecular complexity index is 599. The minimum absolute atomic E-state index is 0.309. The molecule has 0 bridgehead atoms. The maximum atomic E-state index is 5.92. The Morgan fingerprint density at radius 3 is 2.67 bits per heavy atom. The molecule has 5 nitrogen and oxygen atoms in total. The molecule has 21 heavy (non-hydrogen) atoms. The second kappa shape index (κ2) is 6.10. The summed E-state index contributed by atoms with van der Waals surface area (Å²) in [7, 11) is 1.66. The van der Waals surface area contributed by atoms with Crippen molar-refractivity contribution in [3.05, 3.63) is 36.4 Å². The molecule has 2 aromatic rings. The first-order valence-corrected chi connectivity index (χ1v) is 7.25. The molecule has 0 unspecified atom stereocenters. The Hall–Kier alpha value is -2.14. The van der Waals surface area contributed by atoms with Crippen molar-refractivity contribution < 1.29 is 4.74 Å². The van der Waals surface area contributed by atoms with Crippen LogP contribution in [0.15, 0.2) is 36.4 Å². The molecule has 1 fully saturated rings. The number of nitrogens with one attached hydrogen (secondary N) is 1. The lowest BCUT2D eigenvalue weighted by atomic mass is 10.1. The number of nitrogens with two attached hydrogens (primary N) is 1. The molecular formula is C16H20N4O. The first kappa shape index (κ1) is 13.8. The van der Waals surface area contributed by atoms with Gasteiger partial charge in [0.1, 0.15) is 11.6 Å². The van der Waals surface area contributed by atoms with E-state index in [0.717, 1.165) is 42.1 Å². The average molecular weight is 284 g/mol. The lowest BCUT2D eigenvalue weighted by Crippen LogP contribution is -2.21. The smallest absolute Gasteiger partial charge is 0.148 e. The quantitative estimate of drug-likeness (QED) is 0.902. The Morgan fingerprint density at radius 1 is 1.14 bits per heavy atom. The predicted octanol–water partition coefficient (Wildman–Crippen LogP) is 2.44. The van der Waals surface area contributed by atoms with Gasteiger partial charge in [-0.15, -0.1) is 10.2 Å². The molecule has 2 atom stereocenters. The van der Waals surface area contributed by atoms with Crippen molar-refractivity contribution >= 4 is 5.82 Å². The molecule has 0 spiro atoms. The number of ether oxygens (including phenoxy) is 1. The summed E-state index contributed by atoms with van der Waals surface area (Å²) in [5.74, 6) is 1.60. The number of nitrogens with zero attached hydrogens (tertiary/aromatic N) is 2. The molecule has 0 radical (unpaired) electrons. The maximum Gasteiger partial charge on any atom is 0.148 e. The van der Waals surface area contributed by atoms with E-state index in [4.69, 9.17) is 10.5 Å². The molecule has 1 heterocycles. The highest BCUT2D eigenvalue weighted by atomic mass is 16.5. The molecule has 0 aliphatic heterocycles. The Balaban J connectivity index is 1.74.